The van der Waals surface area contributed by atoms with Crippen molar-refractivity contribution in [2.75, 3.05) is 9.80 Å². The molecular formula is C67H54N2. The lowest BCUT2D eigenvalue weighted by atomic mass is 9.65. The van der Waals surface area contributed by atoms with Crippen LogP contribution in [0.1, 0.15) is 72.9 Å². The molecule has 1 aliphatic carbocycles. The van der Waals surface area contributed by atoms with Crippen molar-refractivity contribution in [3.8, 4) is 11.1 Å². The summed E-state index contributed by atoms with van der Waals surface area (Å²) in [4.78, 5) is 4.80. The van der Waals surface area contributed by atoms with Crippen LogP contribution >= 0.6 is 0 Å². The molecule has 0 saturated heterocycles. The molecule has 11 aromatic carbocycles. The van der Waals surface area contributed by atoms with Gasteiger partial charge in [0.05, 0.1) is 5.41 Å². The molecule has 0 unspecified atom stereocenters. The maximum atomic E-state index is 2.45. The Kier molecular flexibility index (Phi) is 10.5. The summed E-state index contributed by atoms with van der Waals surface area (Å²) >= 11 is 0. The summed E-state index contributed by atoms with van der Waals surface area (Å²) in [5.74, 6) is 0.908. The number of nitrogens with zero attached hydrogens (tertiary/aromatic N) is 2. The molecule has 0 spiro atoms. The minimum atomic E-state index is -0.657. The van der Waals surface area contributed by atoms with Crippen molar-refractivity contribution in [2.45, 2.75) is 44.9 Å². The fraction of sp³-hybridized carbons (Fsp3) is 0.104. The van der Waals surface area contributed by atoms with Crippen molar-refractivity contribution in [1.82, 2.24) is 0 Å². The van der Waals surface area contributed by atoms with E-state index in [9.17, 15) is 0 Å². The molecule has 0 saturated carbocycles. The number of para-hydroxylation sites is 2. The van der Waals surface area contributed by atoms with Gasteiger partial charge in [0.1, 0.15) is 0 Å². The van der Waals surface area contributed by atoms with E-state index in [1.165, 1.54) is 76.8 Å². The van der Waals surface area contributed by atoms with Crippen LogP contribution in [0.25, 0.3) is 43.4 Å². The van der Waals surface area contributed by atoms with Crippen LogP contribution in [0.15, 0.2) is 243 Å². The van der Waals surface area contributed by atoms with Gasteiger partial charge < -0.3 is 9.80 Å². The Labute approximate surface area is 406 Å². The summed E-state index contributed by atoms with van der Waals surface area (Å²) in [5.41, 5.74) is 16.5. The van der Waals surface area contributed by atoms with Crippen molar-refractivity contribution in [1.29, 1.82) is 0 Å². The number of hydrogen-bond acceptors (Lipinski definition) is 2. The van der Waals surface area contributed by atoms with Gasteiger partial charge in [-0.2, -0.15) is 0 Å². The molecular weight excluding hydrogens is 833 g/mol. The number of rotatable bonds is 10. The van der Waals surface area contributed by atoms with Crippen LogP contribution < -0.4 is 9.80 Å². The standard InChI is InChI=1S/C67H54N2/c1-45(2)47-29-34-54(35-30-47)68(52-23-13-7-14-24-52)56-38-41-58-49(43-56)33-40-62-64-60-28-18-17-27-59(60)63-44-57(69(53-25-15-8-16-26-53)55-36-31-48(32-37-55)46(3)4)39-42-61(63)66(64)67(65(58)62,50-19-9-5-10-20-50)51-21-11-6-12-22-51/h5-46H,1-4H3. The quantitative estimate of drug-likeness (QED) is 0.126. The Morgan fingerprint density at radius 1 is 0.304 bits per heavy atom. The molecule has 0 amide bonds. The molecule has 0 aromatic heterocycles. The number of fused-ring (bicyclic) bond motifs is 10. The molecule has 2 nitrogen and oxygen atoms in total. The van der Waals surface area contributed by atoms with Gasteiger partial charge in [-0.25, -0.2) is 0 Å². The van der Waals surface area contributed by atoms with Crippen LogP contribution in [-0.4, -0.2) is 0 Å². The molecule has 0 N–H and O–H groups in total. The van der Waals surface area contributed by atoms with Crippen LogP contribution in [0.5, 0.6) is 0 Å². The van der Waals surface area contributed by atoms with Crippen LogP contribution in [0.2, 0.25) is 0 Å². The number of anilines is 6. The predicted octanol–water partition coefficient (Wildman–Crippen LogP) is 18.7. The first-order valence-corrected chi connectivity index (χ1v) is 24.5. The first kappa shape index (κ1) is 42.2. The lowest BCUT2D eigenvalue weighted by molar-refractivity contribution is 0.783. The summed E-state index contributed by atoms with van der Waals surface area (Å²) in [6.07, 6.45) is 0. The van der Waals surface area contributed by atoms with Gasteiger partial charge in [0, 0.05) is 34.1 Å². The maximum Gasteiger partial charge on any atom is 0.0725 e. The summed E-state index contributed by atoms with van der Waals surface area (Å²) in [7, 11) is 0. The molecule has 0 radical (unpaired) electrons. The van der Waals surface area contributed by atoms with E-state index in [0.29, 0.717) is 11.8 Å². The zero-order valence-corrected chi connectivity index (χ0v) is 39.6. The van der Waals surface area contributed by atoms with Crippen LogP contribution in [0.3, 0.4) is 0 Å². The number of hydrogen-bond donors (Lipinski definition) is 0. The van der Waals surface area contributed by atoms with Gasteiger partial charge in [-0.3, -0.25) is 0 Å². The van der Waals surface area contributed by atoms with Gasteiger partial charge >= 0.3 is 0 Å². The minimum Gasteiger partial charge on any atom is -0.310 e. The highest BCUT2D eigenvalue weighted by Gasteiger charge is 2.49. The first-order chi connectivity index (χ1) is 33.9. The third-order valence-electron chi connectivity index (χ3n) is 14.6. The van der Waals surface area contributed by atoms with E-state index in [2.05, 4.69) is 280 Å². The highest BCUT2D eigenvalue weighted by molar-refractivity contribution is 6.21. The van der Waals surface area contributed by atoms with Gasteiger partial charge in [0.2, 0.25) is 0 Å². The molecule has 2 heteroatoms. The molecule has 0 aliphatic heterocycles. The summed E-state index contributed by atoms with van der Waals surface area (Å²) in [6, 6.07) is 90.6. The fourth-order valence-electron chi connectivity index (χ4n) is 11.4. The second-order valence-electron chi connectivity index (χ2n) is 19.2. The van der Waals surface area contributed by atoms with Crippen molar-refractivity contribution >= 4 is 66.4 Å². The minimum absolute atomic E-state index is 0.452. The van der Waals surface area contributed by atoms with Gasteiger partial charge in [0.25, 0.3) is 0 Å². The van der Waals surface area contributed by atoms with Crippen molar-refractivity contribution in [3.63, 3.8) is 0 Å². The third-order valence-corrected chi connectivity index (χ3v) is 14.6. The highest BCUT2D eigenvalue weighted by atomic mass is 15.1. The fourth-order valence-corrected chi connectivity index (χ4v) is 11.4. The molecule has 0 heterocycles. The van der Waals surface area contributed by atoms with Gasteiger partial charge in [0.15, 0.2) is 0 Å². The van der Waals surface area contributed by atoms with Crippen molar-refractivity contribution < 1.29 is 0 Å². The zero-order chi connectivity index (χ0) is 46.6. The van der Waals surface area contributed by atoms with Crippen LogP contribution in [-0.2, 0) is 5.41 Å². The molecule has 0 atom stereocenters. The summed E-state index contributed by atoms with van der Waals surface area (Å²) in [6.45, 7) is 9.02. The Morgan fingerprint density at radius 2 is 0.725 bits per heavy atom. The highest BCUT2D eigenvalue weighted by Crippen LogP contribution is 2.62. The molecule has 332 valence electrons. The van der Waals surface area contributed by atoms with Gasteiger partial charge in [-0.05, 0) is 161 Å². The molecule has 69 heavy (non-hydrogen) atoms. The average molecular weight is 887 g/mol. The Morgan fingerprint density at radius 3 is 1.23 bits per heavy atom. The van der Waals surface area contributed by atoms with E-state index in [4.69, 9.17) is 0 Å². The Balaban J connectivity index is 1.14. The Bertz CT molecular complexity index is 3600. The van der Waals surface area contributed by atoms with Gasteiger partial charge in [-0.15, -0.1) is 0 Å². The molecule has 0 bridgehead atoms. The molecule has 11 aromatic rings. The second-order valence-corrected chi connectivity index (χ2v) is 19.2. The van der Waals surface area contributed by atoms with Crippen molar-refractivity contribution in [3.05, 3.63) is 276 Å². The first-order valence-electron chi connectivity index (χ1n) is 24.5. The lowest BCUT2D eigenvalue weighted by Gasteiger charge is -2.36. The van der Waals surface area contributed by atoms with Crippen LogP contribution in [0.4, 0.5) is 34.1 Å². The van der Waals surface area contributed by atoms with E-state index >= 15 is 0 Å². The molecule has 1 aliphatic rings. The lowest BCUT2D eigenvalue weighted by Crippen LogP contribution is -2.29. The van der Waals surface area contributed by atoms with Crippen molar-refractivity contribution in [2.24, 2.45) is 0 Å². The monoisotopic (exact) mass is 886 g/mol. The topological polar surface area (TPSA) is 6.48 Å². The third kappa shape index (κ3) is 6.93. The normalized spacial score (nSPS) is 12.7. The number of benzene rings is 11. The SMILES string of the molecule is CC(C)c1ccc(N(c2ccccc2)c2ccc3c4c(ccc3c2)-c2c(c3ccc(N(c5ccccc5)c5ccc(C(C)C)cc5)cc3c3ccccc23)C4(c2ccccc2)c2ccccc2)cc1. The largest absolute Gasteiger partial charge is 0.310 e. The maximum absolute atomic E-state index is 2.45. The zero-order valence-electron chi connectivity index (χ0n) is 39.6. The van der Waals surface area contributed by atoms with E-state index in [1.54, 1.807) is 0 Å². The molecule has 0 fully saturated rings. The van der Waals surface area contributed by atoms with E-state index in [-0.39, 0.29) is 0 Å². The van der Waals surface area contributed by atoms with E-state index in [1.807, 2.05) is 0 Å². The second kappa shape index (κ2) is 17.1. The van der Waals surface area contributed by atoms with Crippen LogP contribution in [0, 0.1) is 0 Å². The molecule has 12 rings (SSSR count). The summed E-state index contributed by atoms with van der Waals surface area (Å²) in [5, 5.41) is 7.45. The Hall–Kier alpha value is -8.20. The average Bonchev–Trinajstić information content (AvgIpc) is 3.73. The van der Waals surface area contributed by atoms with E-state index in [0.717, 1.165) is 34.1 Å². The smallest absolute Gasteiger partial charge is 0.0725 e. The van der Waals surface area contributed by atoms with Gasteiger partial charge in [-0.1, -0.05) is 198 Å². The predicted molar refractivity (Wildman–Crippen MR) is 294 cm³/mol. The summed E-state index contributed by atoms with van der Waals surface area (Å²) < 4.78 is 0. The van der Waals surface area contributed by atoms with E-state index < -0.39 is 5.41 Å².